The van der Waals surface area contributed by atoms with E-state index >= 15 is 0 Å². The van der Waals surface area contributed by atoms with E-state index in [1.807, 2.05) is 24.3 Å². The van der Waals surface area contributed by atoms with Gasteiger partial charge in [0.05, 0.1) is 11.4 Å². The smallest absolute Gasteiger partial charge is 0.251 e. The van der Waals surface area contributed by atoms with Crippen LogP contribution in [0.5, 0.6) is 0 Å². The number of halogens is 1. The predicted molar refractivity (Wildman–Crippen MR) is 132 cm³/mol. The Morgan fingerprint density at radius 1 is 1.00 bits per heavy atom. The molecule has 1 amide bonds. The second kappa shape index (κ2) is 9.57. The highest BCUT2D eigenvalue weighted by Crippen LogP contribution is 2.49. The Labute approximate surface area is 198 Å². The van der Waals surface area contributed by atoms with Crippen LogP contribution >= 0.6 is 11.8 Å². The fourth-order valence-electron chi connectivity index (χ4n) is 4.75. The van der Waals surface area contributed by atoms with Gasteiger partial charge in [-0.25, -0.2) is 4.39 Å². The van der Waals surface area contributed by atoms with Gasteiger partial charge in [0, 0.05) is 34.5 Å². The van der Waals surface area contributed by atoms with Crippen molar-refractivity contribution in [3.05, 3.63) is 83.7 Å². The highest BCUT2D eigenvalue weighted by Gasteiger charge is 2.29. The van der Waals surface area contributed by atoms with Gasteiger partial charge in [-0.3, -0.25) is 4.79 Å². The van der Waals surface area contributed by atoms with Gasteiger partial charge < -0.3 is 15.1 Å². The van der Waals surface area contributed by atoms with Gasteiger partial charge in [-0.15, -0.1) is 0 Å². The van der Waals surface area contributed by atoms with Crippen molar-refractivity contribution in [1.29, 1.82) is 0 Å². The lowest BCUT2D eigenvalue weighted by molar-refractivity contribution is 0.0951. The maximum atomic E-state index is 13.5. The third-order valence-electron chi connectivity index (χ3n) is 6.33. The van der Waals surface area contributed by atoms with Gasteiger partial charge in [-0.05, 0) is 80.9 Å². The molecule has 2 aliphatic rings. The van der Waals surface area contributed by atoms with Crippen molar-refractivity contribution in [1.82, 2.24) is 10.2 Å². The molecule has 1 fully saturated rings. The van der Waals surface area contributed by atoms with Crippen LogP contribution in [-0.4, -0.2) is 36.5 Å². The molecule has 33 heavy (non-hydrogen) atoms. The summed E-state index contributed by atoms with van der Waals surface area (Å²) in [6.07, 6.45) is 2.54. The Morgan fingerprint density at radius 2 is 1.79 bits per heavy atom. The third-order valence-corrected chi connectivity index (χ3v) is 7.46. The molecule has 1 atom stereocenters. The molecule has 0 unspecified atom stereocenters. The van der Waals surface area contributed by atoms with Crippen molar-refractivity contribution in [2.45, 2.75) is 42.1 Å². The molecule has 5 rings (SSSR count). The number of para-hydroxylation sites is 1. The number of fused-ring (bicyclic) bond motifs is 2. The molecule has 2 heterocycles. The average molecular weight is 462 g/mol. The molecular formula is C27H28FN3OS. The Balaban J connectivity index is 1.41. The molecule has 0 bridgehead atoms. The second-order valence-electron chi connectivity index (χ2n) is 8.79. The molecular weight excluding hydrogens is 433 g/mol. The summed E-state index contributed by atoms with van der Waals surface area (Å²) in [5.74, 6) is -0.452. The Morgan fingerprint density at radius 3 is 2.61 bits per heavy atom. The number of hydrogen-bond acceptors (Lipinski definition) is 4. The number of benzene rings is 3. The lowest BCUT2D eigenvalue weighted by atomic mass is 10.1. The van der Waals surface area contributed by atoms with Crippen LogP contribution in [0.25, 0.3) is 0 Å². The normalized spacial score (nSPS) is 16.2. The number of likely N-dealkylation sites (tertiary alicyclic amines) is 1. The van der Waals surface area contributed by atoms with E-state index in [2.05, 4.69) is 46.3 Å². The first-order chi connectivity index (χ1) is 16.1. The van der Waals surface area contributed by atoms with Gasteiger partial charge in [0.1, 0.15) is 5.82 Å². The number of nitrogens with zero attached hydrogens (tertiary/aromatic N) is 2. The minimum atomic E-state index is -0.297. The first-order valence-corrected chi connectivity index (χ1v) is 12.4. The van der Waals surface area contributed by atoms with E-state index < -0.39 is 0 Å². The fourth-order valence-corrected chi connectivity index (χ4v) is 5.80. The van der Waals surface area contributed by atoms with Crippen molar-refractivity contribution >= 4 is 29.0 Å². The number of amides is 1. The molecule has 0 spiro atoms. The SMILES string of the molecule is C[C@H](CN1CCCC1)N1c2ccccc2Sc2ccc(C(=O)NCc3cccc(F)c3)cc21. The first kappa shape index (κ1) is 22.0. The van der Waals surface area contributed by atoms with Crippen LogP contribution in [0.2, 0.25) is 0 Å². The minimum Gasteiger partial charge on any atom is -0.348 e. The van der Waals surface area contributed by atoms with E-state index in [1.54, 1.807) is 17.8 Å². The molecule has 3 aromatic rings. The van der Waals surface area contributed by atoms with Gasteiger partial charge in [0.2, 0.25) is 0 Å². The highest BCUT2D eigenvalue weighted by molar-refractivity contribution is 7.99. The quantitative estimate of drug-likeness (QED) is 0.500. The molecule has 3 aromatic carbocycles. The zero-order valence-corrected chi connectivity index (χ0v) is 19.6. The topological polar surface area (TPSA) is 35.6 Å². The van der Waals surface area contributed by atoms with Crippen molar-refractivity contribution in [3.8, 4) is 0 Å². The summed E-state index contributed by atoms with van der Waals surface area (Å²) in [7, 11) is 0. The van der Waals surface area contributed by atoms with Crippen LogP contribution in [0.4, 0.5) is 15.8 Å². The number of nitrogens with one attached hydrogen (secondary N) is 1. The number of carbonyl (C=O) groups excluding carboxylic acids is 1. The standard InChI is InChI=1S/C27H28FN3OS/c1-19(18-30-13-4-5-14-30)31-23-9-2-3-10-25(23)33-26-12-11-21(16-24(26)31)27(32)29-17-20-7-6-8-22(28)15-20/h2-3,6-12,15-16,19H,4-5,13-14,17-18H2,1H3,(H,29,32)/t19-/m1/s1. The summed E-state index contributed by atoms with van der Waals surface area (Å²) in [6, 6.07) is 21.0. The molecule has 0 radical (unpaired) electrons. The van der Waals surface area contributed by atoms with E-state index in [-0.39, 0.29) is 17.8 Å². The summed E-state index contributed by atoms with van der Waals surface area (Å²) >= 11 is 1.75. The highest BCUT2D eigenvalue weighted by atomic mass is 32.2. The van der Waals surface area contributed by atoms with Crippen LogP contribution in [0.3, 0.4) is 0 Å². The summed E-state index contributed by atoms with van der Waals surface area (Å²) < 4.78 is 13.5. The maximum Gasteiger partial charge on any atom is 0.251 e. The van der Waals surface area contributed by atoms with Crippen LogP contribution < -0.4 is 10.2 Å². The first-order valence-electron chi connectivity index (χ1n) is 11.5. The van der Waals surface area contributed by atoms with Crippen LogP contribution in [-0.2, 0) is 6.54 Å². The van der Waals surface area contributed by atoms with Crippen molar-refractivity contribution in [2.24, 2.45) is 0 Å². The number of carbonyl (C=O) groups is 1. The van der Waals surface area contributed by atoms with E-state index in [1.165, 1.54) is 35.6 Å². The maximum absolute atomic E-state index is 13.5. The number of hydrogen-bond donors (Lipinski definition) is 1. The lowest BCUT2D eigenvalue weighted by Gasteiger charge is -2.39. The van der Waals surface area contributed by atoms with Gasteiger partial charge in [0.25, 0.3) is 5.91 Å². The Hall–Kier alpha value is -2.83. The summed E-state index contributed by atoms with van der Waals surface area (Å²) in [5.41, 5.74) is 3.62. The summed E-state index contributed by atoms with van der Waals surface area (Å²) in [4.78, 5) is 20.3. The van der Waals surface area contributed by atoms with Gasteiger partial charge in [-0.2, -0.15) is 0 Å². The molecule has 1 saturated heterocycles. The van der Waals surface area contributed by atoms with Crippen LogP contribution in [0, 0.1) is 5.82 Å². The Kier molecular flexibility index (Phi) is 6.38. The van der Waals surface area contributed by atoms with Crippen molar-refractivity contribution in [3.63, 3.8) is 0 Å². The number of anilines is 2. The molecule has 2 aliphatic heterocycles. The van der Waals surface area contributed by atoms with Gasteiger partial charge in [-0.1, -0.05) is 36.0 Å². The molecule has 170 valence electrons. The lowest BCUT2D eigenvalue weighted by Crippen LogP contribution is -2.40. The zero-order valence-electron chi connectivity index (χ0n) is 18.8. The van der Waals surface area contributed by atoms with Gasteiger partial charge in [0.15, 0.2) is 0 Å². The van der Waals surface area contributed by atoms with E-state index in [0.717, 1.165) is 35.8 Å². The van der Waals surface area contributed by atoms with Gasteiger partial charge >= 0.3 is 0 Å². The largest absolute Gasteiger partial charge is 0.348 e. The molecule has 1 N–H and O–H groups in total. The Bertz CT molecular complexity index is 1160. The van der Waals surface area contributed by atoms with E-state index in [4.69, 9.17) is 0 Å². The second-order valence-corrected chi connectivity index (χ2v) is 9.88. The molecule has 4 nitrogen and oxygen atoms in total. The minimum absolute atomic E-state index is 0.155. The fraction of sp³-hybridized carbons (Fsp3) is 0.296. The van der Waals surface area contributed by atoms with Crippen molar-refractivity contribution < 1.29 is 9.18 Å². The van der Waals surface area contributed by atoms with Crippen LogP contribution in [0.15, 0.2) is 76.5 Å². The average Bonchev–Trinajstić information content (AvgIpc) is 3.33. The van der Waals surface area contributed by atoms with E-state index in [9.17, 15) is 9.18 Å². The molecule has 6 heteroatoms. The summed E-state index contributed by atoms with van der Waals surface area (Å²) in [5, 5.41) is 2.93. The zero-order chi connectivity index (χ0) is 22.8. The van der Waals surface area contributed by atoms with E-state index in [0.29, 0.717) is 12.1 Å². The summed E-state index contributed by atoms with van der Waals surface area (Å²) in [6.45, 7) is 5.87. The third kappa shape index (κ3) is 4.77. The molecule has 0 aromatic heterocycles. The number of rotatable bonds is 6. The van der Waals surface area contributed by atoms with Crippen LogP contribution in [0.1, 0.15) is 35.7 Å². The van der Waals surface area contributed by atoms with Crippen molar-refractivity contribution in [2.75, 3.05) is 24.5 Å². The monoisotopic (exact) mass is 461 g/mol. The predicted octanol–water partition coefficient (Wildman–Crippen LogP) is 5.84. The molecule has 0 saturated carbocycles. The molecule has 0 aliphatic carbocycles.